The lowest BCUT2D eigenvalue weighted by Gasteiger charge is -2.23. The first-order chi connectivity index (χ1) is 6.86. The van der Waals surface area contributed by atoms with Gasteiger partial charge in [-0.3, -0.25) is 0 Å². The fourth-order valence-corrected chi connectivity index (χ4v) is 2.68. The van der Waals surface area contributed by atoms with Crippen LogP contribution in [0.3, 0.4) is 0 Å². The average Bonchev–Trinajstić information content (AvgIpc) is 2.25. The molecule has 0 radical (unpaired) electrons. The Morgan fingerprint density at radius 1 is 1.14 bits per heavy atom. The summed E-state index contributed by atoms with van der Waals surface area (Å²) in [5.74, 6) is 1.57. The molecule has 1 atom stereocenters. The van der Waals surface area contributed by atoms with Crippen LogP contribution < -0.4 is 0 Å². The maximum atomic E-state index is 9.19. The van der Waals surface area contributed by atoms with Crippen LogP contribution in [0.25, 0.3) is 0 Å². The van der Waals surface area contributed by atoms with Crippen molar-refractivity contribution in [3.05, 3.63) is 0 Å². The smallest absolute Gasteiger partial charge is 0.0459 e. The molecule has 0 saturated heterocycles. The molecule has 1 nitrogen and oxygen atoms in total. The van der Waals surface area contributed by atoms with Crippen LogP contribution in [-0.4, -0.2) is 11.7 Å². The molecule has 1 heteroatoms. The summed E-state index contributed by atoms with van der Waals surface area (Å²) in [5, 5.41) is 9.19. The van der Waals surface area contributed by atoms with E-state index in [9.17, 15) is 5.11 Å². The number of aliphatic hydroxyl groups is 1. The van der Waals surface area contributed by atoms with Crippen molar-refractivity contribution in [2.24, 2.45) is 11.8 Å². The first-order valence-corrected chi connectivity index (χ1v) is 6.47. The highest BCUT2D eigenvalue weighted by molar-refractivity contribution is 4.68. The van der Waals surface area contributed by atoms with E-state index in [0.717, 1.165) is 5.92 Å². The van der Waals surface area contributed by atoms with Gasteiger partial charge in [-0.25, -0.2) is 0 Å². The van der Waals surface area contributed by atoms with E-state index in [1.165, 1.54) is 57.8 Å². The third-order valence-corrected chi connectivity index (χ3v) is 3.66. The monoisotopic (exact) mass is 198 g/mol. The minimum absolute atomic E-state index is 0.403. The molecular weight excluding hydrogens is 172 g/mol. The first-order valence-electron chi connectivity index (χ1n) is 6.47. The zero-order valence-electron chi connectivity index (χ0n) is 9.67. The summed E-state index contributed by atoms with van der Waals surface area (Å²) in [6, 6.07) is 0. The van der Waals surface area contributed by atoms with Gasteiger partial charge in [-0.05, 0) is 24.7 Å². The Morgan fingerprint density at radius 3 is 2.43 bits per heavy atom. The lowest BCUT2D eigenvalue weighted by Crippen LogP contribution is -2.11. The molecule has 1 aliphatic carbocycles. The number of hydrogen-bond donors (Lipinski definition) is 1. The van der Waals surface area contributed by atoms with Crippen LogP contribution in [0.15, 0.2) is 0 Å². The van der Waals surface area contributed by atoms with Crippen molar-refractivity contribution in [2.45, 2.75) is 64.7 Å². The molecule has 1 rings (SSSR count). The second-order valence-corrected chi connectivity index (χ2v) is 4.92. The van der Waals surface area contributed by atoms with E-state index in [2.05, 4.69) is 6.92 Å². The van der Waals surface area contributed by atoms with Crippen LogP contribution in [0.5, 0.6) is 0 Å². The molecule has 0 amide bonds. The van der Waals surface area contributed by atoms with Gasteiger partial charge in [0, 0.05) is 6.61 Å². The van der Waals surface area contributed by atoms with E-state index >= 15 is 0 Å². The molecule has 0 heterocycles. The number of hydrogen-bond acceptors (Lipinski definition) is 1. The van der Waals surface area contributed by atoms with Gasteiger partial charge in [-0.2, -0.15) is 0 Å². The van der Waals surface area contributed by atoms with Gasteiger partial charge in [0.15, 0.2) is 0 Å². The van der Waals surface area contributed by atoms with Gasteiger partial charge in [-0.15, -0.1) is 0 Å². The summed E-state index contributed by atoms with van der Waals surface area (Å²) in [4.78, 5) is 0. The van der Waals surface area contributed by atoms with E-state index in [1.807, 2.05) is 0 Å². The Hall–Kier alpha value is -0.0400. The molecule has 84 valence electrons. The minimum atomic E-state index is 0.403. The molecule has 0 aliphatic heterocycles. The second kappa shape index (κ2) is 7.28. The predicted octanol–water partition coefficient (Wildman–Crippen LogP) is 3.76. The maximum Gasteiger partial charge on any atom is 0.0459 e. The normalized spacial score (nSPS) is 21.0. The quantitative estimate of drug-likeness (QED) is 0.689. The average molecular weight is 198 g/mol. The summed E-state index contributed by atoms with van der Waals surface area (Å²) in [5.41, 5.74) is 0. The molecule has 1 N–H and O–H groups in total. The van der Waals surface area contributed by atoms with Gasteiger partial charge in [0.25, 0.3) is 0 Å². The third-order valence-electron chi connectivity index (χ3n) is 3.66. The highest BCUT2D eigenvalue weighted by Crippen LogP contribution is 2.29. The van der Waals surface area contributed by atoms with Crippen molar-refractivity contribution in [3.8, 4) is 0 Å². The van der Waals surface area contributed by atoms with Crippen molar-refractivity contribution in [1.82, 2.24) is 0 Å². The summed E-state index contributed by atoms with van der Waals surface area (Å²) in [7, 11) is 0. The third kappa shape index (κ3) is 4.45. The van der Waals surface area contributed by atoms with E-state index in [4.69, 9.17) is 0 Å². The Labute approximate surface area is 88.9 Å². The van der Waals surface area contributed by atoms with Crippen molar-refractivity contribution < 1.29 is 5.11 Å². The van der Waals surface area contributed by atoms with E-state index in [1.54, 1.807) is 0 Å². The standard InChI is InChI=1S/C13H26O/c1-2-6-13(11-14)10-9-12-7-4-3-5-8-12/h12-14H,2-11H2,1H3. The van der Waals surface area contributed by atoms with Gasteiger partial charge >= 0.3 is 0 Å². The maximum absolute atomic E-state index is 9.19. The predicted molar refractivity (Wildman–Crippen MR) is 61.3 cm³/mol. The molecule has 14 heavy (non-hydrogen) atoms. The number of aliphatic hydroxyl groups excluding tert-OH is 1. The first kappa shape index (κ1) is 12.0. The van der Waals surface area contributed by atoms with Crippen LogP contribution >= 0.6 is 0 Å². The van der Waals surface area contributed by atoms with Crippen LogP contribution in [-0.2, 0) is 0 Å². The van der Waals surface area contributed by atoms with Crippen LogP contribution in [0.2, 0.25) is 0 Å². The Balaban J connectivity index is 2.10. The van der Waals surface area contributed by atoms with Gasteiger partial charge in [-0.1, -0.05) is 51.9 Å². The van der Waals surface area contributed by atoms with Crippen molar-refractivity contribution >= 4 is 0 Å². The SMILES string of the molecule is CCCC(CO)CCC1CCCCC1. The molecule has 1 aliphatic rings. The van der Waals surface area contributed by atoms with Crippen LogP contribution in [0.1, 0.15) is 64.7 Å². The highest BCUT2D eigenvalue weighted by Gasteiger charge is 2.15. The fourth-order valence-electron chi connectivity index (χ4n) is 2.68. The Bertz CT molecular complexity index is 122. The largest absolute Gasteiger partial charge is 0.396 e. The summed E-state index contributed by atoms with van der Waals surface area (Å²) >= 11 is 0. The summed E-state index contributed by atoms with van der Waals surface area (Å²) in [6.07, 6.45) is 12.3. The molecule has 0 bridgehead atoms. The lowest BCUT2D eigenvalue weighted by molar-refractivity contribution is 0.195. The van der Waals surface area contributed by atoms with Gasteiger partial charge < -0.3 is 5.11 Å². The van der Waals surface area contributed by atoms with Crippen molar-refractivity contribution in [3.63, 3.8) is 0 Å². The van der Waals surface area contributed by atoms with Crippen LogP contribution in [0.4, 0.5) is 0 Å². The molecule has 0 aromatic heterocycles. The minimum Gasteiger partial charge on any atom is -0.396 e. The topological polar surface area (TPSA) is 20.2 Å². The molecule has 1 fully saturated rings. The summed E-state index contributed by atoms with van der Waals surface area (Å²) < 4.78 is 0. The molecule has 0 spiro atoms. The van der Waals surface area contributed by atoms with Gasteiger partial charge in [0.2, 0.25) is 0 Å². The number of rotatable bonds is 6. The summed E-state index contributed by atoms with van der Waals surface area (Å²) in [6.45, 7) is 2.61. The van der Waals surface area contributed by atoms with E-state index < -0.39 is 0 Å². The van der Waals surface area contributed by atoms with E-state index in [0.29, 0.717) is 12.5 Å². The zero-order chi connectivity index (χ0) is 10.2. The van der Waals surface area contributed by atoms with Crippen LogP contribution in [0, 0.1) is 11.8 Å². The Kier molecular flexibility index (Phi) is 6.25. The fraction of sp³-hybridized carbons (Fsp3) is 1.00. The van der Waals surface area contributed by atoms with E-state index in [-0.39, 0.29) is 0 Å². The molecule has 0 aromatic carbocycles. The molecule has 1 unspecified atom stereocenters. The second-order valence-electron chi connectivity index (χ2n) is 4.92. The van der Waals surface area contributed by atoms with Crippen molar-refractivity contribution in [1.29, 1.82) is 0 Å². The highest BCUT2D eigenvalue weighted by atomic mass is 16.3. The molecular formula is C13H26O. The van der Waals surface area contributed by atoms with Gasteiger partial charge in [0.1, 0.15) is 0 Å². The molecule has 1 saturated carbocycles. The molecule has 0 aromatic rings. The zero-order valence-corrected chi connectivity index (χ0v) is 9.67. The van der Waals surface area contributed by atoms with Gasteiger partial charge in [0.05, 0.1) is 0 Å². The lowest BCUT2D eigenvalue weighted by atomic mass is 9.83. The Morgan fingerprint density at radius 2 is 1.86 bits per heavy atom. The van der Waals surface area contributed by atoms with Crippen molar-refractivity contribution in [2.75, 3.05) is 6.61 Å².